The standard InChI is InChI=1S/C9H12O/c1-2-3-8-4-6-9(10)7-5-8/h8H,4-7H2,1H3. The van der Waals surface area contributed by atoms with Crippen LogP contribution in [-0.4, -0.2) is 5.78 Å². The smallest absolute Gasteiger partial charge is 0.133 e. The summed E-state index contributed by atoms with van der Waals surface area (Å²) in [6, 6.07) is 0. The minimum Gasteiger partial charge on any atom is -0.300 e. The molecule has 0 heterocycles. The molecule has 0 aromatic heterocycles. The van der Waals surface area contributed by atoms with Crippen molar-refractivity contribution in [3.05, 3.63) is 0 Å². The third-order valence-corrected chi connectivity index (χ3v) is 1.89. The molecule has 1 fully saturated rings. The van der Waals surface area contributed by atoms with Crippen LogP contribution in [0.3, 0.4) is 0 Å². The van der Waals surface area contributed by atoms with Gasteiger partial charge in [-0.1, -0.05) is 0 Å². The molecule has 1 aliphatic rings. The van der Waals surface area contributed by atoms with Crippen molar-refractivity contribution in [3.8, 4) is 11.8 Å². The number of rotatable bonds is 0. The van der Waals surface area contributed by atoms with Gasteiger partial charge in [-0.3, -0.25) is 4.79 Å². The molecule has 10 heavy (non-hydrogen) atoms. The lowest BCUT2D eigenvalue weighted by atomic mass is 9.89. The lowest BCUT2D eigenvalue weighted by Crippen LogP contribution is -2.11. The van der Waals surface area contributed by atoms with E-state index >= 15 is 0 Å². The van der Waals surface area contributed by atoms with E-state index in [9.17, 15) is 4.79 Å². The summed E-state index contributed by atoms with van der Waals surface area (Å²) < 4.78 is 0. The van der Waals surface area contributed by atoms with Crippen LogP contribution < -0.4 is 0 Å². The van der Waals surface area contributed by atoms with E-state index in [-0.39, 0.29) is 0 Å². The van der Waals surface area contributed by atoms with Crippen LogP contribution in [0.15, 0.2) is 0 Å². The third kappa shape index (κ3) is 1.88. The maximum Gasteiger partial charge on any atom is 0.133 e. The van der Waals surface area contributed by atoms with Crippen LogP contribution in [-0.2, 0) is 4.79 Å². The van der Waals surface area contributed by atoms with Crippen LogP contribution in [0.5, 0.6) is 0 Å². The Morgan fingerprint density at radius 3 is 2.50 bits per heavy atom. The largest absolute Gasteiger partial charge is 0.300 e. The molecular formula is C9H12O. The molecule has 1 nitrogen and oxygen atoms in total. The third-order valence-electron chi connectivity index (χ3n) is 1.89. The number of carbonyl (C=O) groups is 1. The number of hydrogen-bond acceptors (Lipinski definition) is 1. The van der Waals surface area contributed by atoms with Gasteiger partial charge in [-0.2, -0.15) is 0 Å². The average molecular weight is 136 g/mol. The maximum absolute atomic E-state index is 10.8. The lowest BCUT2D eigenvalue weighted by molar-refractivity contribution is -0.120. The molecule has 1 saturated carbocycles. The topological polar surface area (TPSA) is 17.1 Å². The van der Waals surface area contributed by atoms with E-state index in [0.29, 0.717) is 11.7 Å². The van der Waals surface area contributed by atoms with Gasteiger partial charge in [0.1, 0.15) is 5.78 Å². The summed E-state index contributed by atoms with van der Waals surface area (Å²) >= 11 is 0. The molecule has 54 valence electrons. The first-order valence-electron chi connectivity index (χ1n) is 3.77. The van der Waals surface area contributed by atoms with Crippen LogP contribution in [0, 0.1) is 17.8 Å². The molecule has 0 amide bonds. The zero-order chi connectivity index (χ0) is 7.40. The van der Waals surface area contributed by atoms with E-state index in [2.05, 4.69) is 11.8 Å². The van der Waals surface area contributed by atoms with Crippen molar-refractivity contribution in [2.24, 2.45) is 5.92 Å². The highest BCUT2D eigenvalue weighted by atomic mass is 16.1. The number of hydrogen-bond donors (Lipinski definition) is 0. The summed E-state index contributed by atoms with van der Waals surface area (Å²) in [5, 5.41) is 0. The summed E-state index contributed by atoms with van der Waals surface area (Å²) in [6.45, 7) is 1.86. The molecule has 0 unspecified atom stereocenters. The fourth-order valence-electron chi connectivity index (χ4n) is 1.29. The Labute approximate surface area is 61.8 Å². The van der Waals surface area contributed by atoms with Gasteiger partial charge in [0.2, 0.25) is 0 Å². The van der Waals surface area contributed by atoms with E-state index in [1.807, 2.05) is 6.92 Å². The zero-order valence-electron chi connectivity index (χ0n) is 6.31. The van der Waals surface area contributed by atoms with Gasteiger partial charge in [0.05, 0.1) is 0 Å². The average Bonchev–Trinajstić information content (AvgIpc) is 1.95. The van der Waals surface area contributed by atoms with Gasteiger partial charge in [0.25, 0.3) is 0 Å². The van der Waals surface area contributed by atoms with Crippen LogP contribution in [0.1, 0.15) is 32.6 Å². The van der Waals surface area contributed by atoms with Gasteiger partial charge in [-0.25, -0.2) is 0 Å². The fourth-order valence-corrected chi connectivity index (χ4v) is 1.29. The molecule has 0 radical (unpaired) electrons. The Hall–Kier alpha value is -0.770. The van der Waals surface area contributed by atoms with Gasteiger partial charge >= 0.3 is 0 Å². The number of ketones is 1. The van der Waals surface area contributed by atoms with Gasteiger partial charge in [-0.15, -0.1) is 11.8 Å². The first-order chi connectivity index (χ1) is 4.83. The van der Waals surface area contributed by atoms with Crippen molar-refractivity contribution >= 4 is 5.78 Å². The second kappa shape index (κ2) is 3.41. The van der Waals surface area contributed by atoms with Crippen LogP contribution in [0.2, 0.25) is 0 Å². The van der Waals surface area contributed by atoms with Crippen LogP contribution >= 0.6 is 0 Å². The van der Waals surface area contributed by atoms with Crippen molar-refractivity contribution in [2.75, 3.05) is 0 Å². The minimum absolute atomic E-state index is 0.411. The Morgan fingerprint density at radius 1 is 1.40 bits per heavy atom. The highest BCUT2D eigenvalue weighted by Gasteiger charge is 2.15. The molecule has 1 aliphatic carbocycles. The van der Waals surface area contributed by atoms with Gasteiger partial charge in [-0.05, 0) is 19.8 Å². The zero-order valence-corrected chi connectivity index (χ0v) is 6.31. The predicted molar refractivity (Wildman–Crippen MR) is 40.4 cm³/mol. The summed E-state index contributed by atoms with van der Waals surface area (Å²) in [7, 11) is 0. The second-order valence-corrected chi connectivity index (χ2v) is 2.71. The van der Waals surface area contributed by atoms with E-state index in [1.165, 1.54) is 0 Å². The molecular weight excluding hydrogens is 124 g/mol. The molecule has 1 rings (SSSR count). The minimum atomic E-state index is 0.411. The monoisotopic (exact) mass is 136 g/mol. The van der Waals surface area contributed by atoms with Crippen molar-refractivity contribution in [1.29, 1.82) is 0 Å². The SMILES string of the molecule is CC#CC1CCC(=O)CC1. The lowest BCUT2D eigenvalue weighted by Gasteiger charge is -2.14. The molecule has 0 atom stereocenters. The fraction of sp³-hybridized carbons (Fsp3) is 0.667. The van der Waals surface area contributed by atoms with Crippen LogP contribution in [0.4, 0.5) is 0 Å². The van der Waals surface area contributed by atoms with Gasteiger partial charge in [0, 0.05) is 18.8 Å². The van der Waals surface area contributed by atoms with E-state index in [1.54, 1.807) is 0 Å². The second-order valence-electron chi connectivity index (χ2n) is 2.71. The molecule has 0 aromatic carbocycles. The van der Waals surface area contributed by atoms with Crippen molar-refractivity contribution in [1.82, 2.24) is 0 Å². The first kappa shape index (κ1) is 7.34. The Morgan fingerprint density at radius 2 is 2.00 bits per heavy atom. The summed E-state index contributed by atoms with van der Waals surface area (Å²) in [5.41, 5.74) is 0. The van der Waals surface area contributed by atoms with Crippen LogP contribution in [0.25, 0.3) is 0 Å². The predicted octanol–water partition coefficient (Wildman–Crippen LogP) is 1.77. The van der Waals surface area contributed by atoms with Crippen molar-refractivity contribution in [2.45, 2.75) is 32.6 Å². The summed E-state index contributed by atoms with van der Waals surface area (Å²) in [6.07, 6.45) is 3.47. The van der Waals surface area contributed by atoms with E-state index < -0.39 is 0 Å². The van der Waals surface area contributed by atoms with E-state index in [0.717, 1.165) is 25.7 Å². The molecule has 0 N–H and O–H groups in total. The molecule has 0 aromatic rings. The summed E-state index contributed by atoms with van der Waals surface area (Å²) in [5.74, 6) is 6.91. The Kier molecular flexibility index (Phi) is 2.50. The molecule has 1 heteroatoms. The van der Waals surface area contributed by atoms with E-state index in [4.69, 9.17) is 0 Å². The molecule has 0 saturated heterocycles. The molecule has 0 spiro atoms. The Bertz CT molecular complexity index is 173. The molecule has 0 aliphatic heterocycles. The number of Topliss-reactive ketones (excluding diaryl/α,β-unsaturated/α-hetero) is 1. The summed E-state index contributed by atoms with van der Waals surface area (Å²) in [4.78, 5) is 10.8. The first-order valence-corrected chi connectivity index (χ1v) is 3.77. The molecule has 0 bridgehead atoms. The Balaban J connectivity index is 2.37. The van der Waals surface area contributed by atoms with Gasteiger partial charge < -0.3 is 0 Å². The quantitative estimate of drug-likeness (QED) is 0.464. The normalized spacial score (nSPS) is 19.9. The maximum atomic E-state index is 10.8. The number of carbonyl (C=O) groups excluding carboxylic acids is 1. The highest BCUT2D eigenvalue weighted by molar-refractivity contribution is 5.79. The van der Waals surface area contributed by atoms with Gasteiger partial charge in [0.15, 0.2) is 0 Å². The van der Waals surface area contributed by atoms with Crippen molar-refractivity contribution < 1.29 is 4.79 Å². The van der Waals surface area contributed by atoms with Crippen molar-refractivity contribution in [3.63, 3.8) is 0 Å². The highest BCUT2D eigenvalue weighted by Crippen LogP contribution is 2.20.